The van der Waals surface area contributed by atoms with Crippen LogP contribution in [0.2, 0.25) is 0 Å². The van der Waals surface area contributed by atoms with E-state index in [1.807, 2.05) is 53.1 Å². The van der Waals surface area contributed by atoms with Crippen LogP contribution in [0, 0.1) is 17.2 Å². The molecule has 1 heterocycles. The zero-order valence-electron chi connectivity index (χ0n) is 21.5. The second-order valence-corrected chi connectivity index (χ2v) is 10.4. The van der Waals surface area contributed by atoms with Gasteiger partial charge in [0.05, 0.1) is 24.8 Å². The third-order valence-electron chi connectivity index (χ3n) is 6.49. The Kier molecular flexibility index (Phi) is 9.08. The highest BCUT2D eigenvalue weighted by Gasteiger charge is 2.30. The molecule has 0 radical (unpaired) electrons. The van der Waals surface area contributed by atoms with Gasteiger partial charge in [-0.05, 0) is 55.4 Å². The summed E-state index contributed by atoms with van der Waals surface area (Å²) in [5.41, 5.74) is 3.93. The van der Waals surface area contributed by atoms with Crippen molar-refractivity contribution in [2.75, 3.05) is 6.61 Å². The minimum Gasteiger partial charge on any atom is -0.461 e. The van der Waals surface area contributed by atoms with Gasteiger partial charge in [-0.15, -0.1) is 11.3 Å². The highest BCUT2D eigenvalue weighted by Crippen LogP contribution is 2.30. The number of unbranched alkanes of at least 4 members (excludes halogenated alkanes) is 3. The van der Waals surface area contributed by atoms with Crippen molar-refractivity contribution in [3.63, 3.8) is 0 Å². The normalized spacial score (nSPS) is 13.4. The van der Waals surface area contributed by atoms with Gasteiger partial charge in [-0.2, -0.15) is 10.3 Å². The number of carbonyl (C=O) groups excluding carboxylic acids is 2. The second kappa shape index (κ2) is 12.6. The first-order valence-electron chi connectivity index (χ1n) is 13.1. The van der Waals surface area contributed by atoms with E-state index in [1.54, 1.807) is 6.92 Å². The molecule has 192 valence electrons. The topological polar surface area (TPSA) is 84.5 Å². The van der Waals surface area contributed by atoms with Crippen LogP contribution in [0.1, 0.15) is 78.9 Å². The Labute approximate surface area is 222 Å². The van der Waals surface area contributed by atoms with Crippen LogP contribution in [0.15, 0.2) is 53.5 Å². The maximum absolute atomic E-state index is 13.1. The maximum Gasteiger partial charge on any atom is 0.356 e. The van der Waals surface area contributed by atoms with E-state index in [0.29, 0.717) is 22.6 Å². The summed E-state index contributed by atoms with van der Waals surface area (Å²) in [5.74, 6) is -0.468. The molecule has 1 amide bonds. The lowest BCUT2D eigenvalue weighted by atomic mass is 9.99. The predicted molar refractivity (Wildman–Crippen MR) is 145 cm³/mol. The quantitative estimate of drug-likeness (QED) is 0.222. The van der Waals surface area contributed by atoms with Crippen LogP contribution in [-0.2, 0) is 22.5 Å². The first-order valence-corrected chi connectivity index (χ1v) is 13.9. The predicted octanol–water partition coefficient (Wildman–Crippen LogP) is 6.27. The Hall–Kier alpha value is -3.50. The number of amides is 1. The van der Waals surface area contributed by atoms with E-state index in [1.165, 1.54) is 11.3 Å². The molecule has 1 saturated carbocycles. The van der Waals surface area contributed by atoms with Crippen molar-refractivity contribution in [3.8, 4) is 17.2 Å². The number of rotatable bonds is 11. The zero-order valence-corrected chi connectivity index (χ0v) is 22.4. The van der Waals surface area contributed by atoms with Crippen LogP contribution in [-0.4, -0.2) is 23.1 Å². The number of aryl methyl sites for hydroxylation is 1. The van der Waals surface area contributed by atoms with Gasteiger partial charge in [0, 0.05) is 10.8 Å². The molecule has 1 fully saturated rings. The lowest BCUT2D eigenvalue weighted by Gasteiger charge is -2.11. The smallest absolute Gasteiger partial charge is 0.356 e. The lowest BCUT2D eigenvalue weighted by Crippen LogP contribution is -2.24. The van der Waals surface area contributed by atoms with Gasteiger partial charge < -0.3 is 9.30 Å². The fourth-order valence-corrected chi connectivity index (χ4v) is 5.47. The fraction of sp³-hybridized carbons (Fsp3) is 0.400. The van der Waals surface area contributed by atoms with Crippen LogP contribution in [0.3, 0.4) is 0 Å². The summed E-state index contributed by atoms with van der Waals surface area (Å²) in [6.07, 6.45) is 6.89. The summed E-state index contributed by atoms with van der Waals surface area (Å²) in [6.45, 7) is 4.66. The molecule has 1 aliphatic rings. The number of hydrogen-bond acceptors (Lipinski definition) is 5. The van der Waals surface area contributed by atoms with Crippen LogP contribution >= 0.6 is 11.3 Å². The Morgan fingerprint density at radius 2 is 1.84 bits per heavy atom. The number of hydrogen-bond donors (Lipinski definition) is 0. The summed E-state index contributed by atoms with van der Waals surface area (Å²) >= 11 is 1.43. The van der Waals surface area contributed by atoms with E-state index >= 15 is 0 Å². The maximum atomic E-state index is 13.1. The number of thiazole rings is 1. The molecule has 0 N–H and O–H groups in total. The Morgan fingerprint density at radius 1 is 1.08 bits per heavy atom. The molecule has 4 rings (SSSR count). The summed E-state index contributed by atoms with van der Waals surface area (Å²) in [6, 6.07) is 17.7. The van der Waals surface area contributed by atoms with Crippen LogP contribution in [0.5, 0.6) is 0 Å². The molecular formula is C30H33N3O3S. The minimum absolute atomic E-state index is 0.00841. The number of aromatic nitrogens is 1. The molecule has 0 aliphatic heterocycles. The number of esters is 1. The van der Waals surface area contributed by atoms with Crippen LogP contribution in [0.4, 0.5) is 0 Å². The molecule has 2 aromatic carbocycles. The van der Waals surface area contributed by atoms with E-state index in [0.717, 1.165) is 66.5 Å². The summed E-state index contributed by atoms with van der Waals surface area (Å²) < 4.78 is 7.30. The summed E-state index contributed by atoms with van der Waals surface area (Å²) in [5, 5.41) is 9.46. The molecule has 3 aromatic rings. The average Bonchev–Trinajstić information content (AvgIpc) is 3.71. The zero-order chi connectivity index (χ0) is 26.2. The number of carbonyl (C=O) groups is 2. The van der Waals surface area contributed by atoms with Crippen molar-refractivity contribution in [2.45, 2.75) is 65.3 Å². The van der Waals surface area contributed by atoms with Crippen molar-refractivity contribution < 1.29 is 14.3 Å². The summed E-state index contributed by atoms with van der Waals surface area (Å²) in [7, 11) is 0. The van der Waals surface area contributed by atoms with Gasteiger partial charge in [0.1, 0.15) is 5.69 Å². The molecule has 7 heteroatoms. The first kappa shape index (κ1) is 26.6. The van der Waals surface area contributed by atoms with Crippen LogP contribution in [0.25, 0.3) is 11.1 Å². The van der Waals surface area contributed by atoms with Crippen molar-refractivity contribution in [1.82, 2.24) is 4.57 Å². The fourth-order valence-electron chi connectivity index (χ4n) is 4.32. The van der Waals surface area contributed by atoms with Gasteiger partial charge in [0.2, 0.25) is 0 Å². The first-order chi connectivity index (χ1) is 18.0. The number of ether oxygens (including phenoxy) is 1. The van der Waals surface area contributed by atoms with Crippen molar-refractivity contribution in [1.29, 1.82) is 5.26 Å². The lowest BCUT2D eigenvalue weighted by molar-refractivity contribution is -0.119. The van der Waals surface area contributed by atoms with Crippen molar-refractivity contribution in [2.24, 2.45) is 10.9 Å². The standard InChI is InChI=1S/C30H33N3O3S/c1-3-5-6-7-12-26-27(29(35)36-4-2)33(30(37-26)32-28(34)23-17-18-23)20-21-13-15-22(16-14-21)25-11-9-8-10-24(25)19-31/h8-11,13-16,23H,3-7,12,17-18,20H2,1-2H3. The van der Waals surface area contributed by atoms with Gasteiger partial charge in [0.15, 0.2) is 4.80 Å². The van der Waals surface area contributed by atoms with E-state index in [2.05, 4.69) is 18.0 Å². The highest BCUT2D eigenvalue weighted by atomic mass is 32.1. The molecule has 0 spiro atoms. The third-order valence-corrected chi connectivity index (χ3v) is 7.63. The molecule has 0 unspecified atom stereocenters. The third kappa shape index (κ3) is 6.64. The number of nitriles is 1. The number of benzene rings is 2. The molecule has 37 heavy (non-hydrogen) atoms. The minimum atomic E-state index is -0.371. The van der Waals surface area contributed by atoms with E-state index < -0.39 is 0 Å². The van der Waals surface area contributed by atoms with Crippen LogP contribution < -0.4 is 4.80 Å². The van der Waals surface area contributed by atoms with Gasteiger partial charge in [-0.25, -0.2) is 4.79 Å². The highest BCUT2D eigenvalue weighted by molar-refractivity contribution is 7.09. The Balaban J connectivity index is 1.71. The summed E-state index contributed by atoms with van der Waals surface area (Å²) in [4.78, 5) is 31.7. The molecule has 1 aliphatic carbocycles. The van der Waals surface area contributed by atoms with Gasteiger partial charge >= 0.3 is 5.97 Å². The Bertz CT molecular complexity index is 1360. The van der Waals surface area contributed by atoms with E-state index in [4.69, 9.17) is 4.74 Å². The van der Waals surface area contributed by atoms with Gasteiger partial charge in [-0.3, -0.25) is 4.79 Å². The molecule has 1 aromatic heterocycles. The molecule has 0 bridgehead atoms. The van der Waals surface area contributed by atoms with Crippen molar-refractivity contribution in [3.05, 3.63) is 75.0 Å². The molecule has 0 saturated heterocycles. The largest absolute Gasteiger partial charge is 0.461 e. The molecule has 6 nitrogen and oxygen atoms in total. The molecule has 0 atom stereocenters. The SMILES string of the molecule is CCCCCCc1sc(=NC(=O)C2CC2)n(Cc2ccc(-c3ccccc3C#N)cc2)c1C(=O)OCC. The van der Waals surface area contributed by atoms with E-state index in [9.17, 15) is 14.9 Å². The second-order valence-electron chi connectivity index (χ2n) is 9.35. The molecular weight excluding hydrogens is 482 g/mol. The monoisotopic (exact) mass is 515 g/mol. The van der Waals surface area contributed by atoms with E-state index in [-0.39, 0.29) is 24.4 Å². The average molecular weight is 516 g/mol. The van der Waals surface area contributed by atoms with Gasteiger partial charge in [0.25, 0.3) is 5.91 Å². The Morgan fingerprint density at radius 3 is 2.51 bits per heavy atom. The van der Waals surface area contributed by atoms with Gasteiger partial charge in [-0.1, -0.05) is 68.7 Å². The number of nitrogens with zero attached hydrogens (tertiary/aromatic N) is 3. The van der Waals surface area contributed by atoms with Crippen molar-refractivity contribution >= 4 is 23.2 Å².